The van der Waals surface area contributed by atoms with Gasteiger partial charge in [0.2, 0.25) is 0 Å². The molecule has 2 rings (SSSR count). The fraction of sp³-hybridized carbons (Fsp3) is 0.600. The molecular formula is C10H15N3O. The van der Waals surface area contributed by atoms with Crippen molar-refractivity contribution in [2.24, 2.45) is 5.41 Å². The maximum atomic E-state index is 9.80. The van der Waals surface area contributed by atoms with Crippen LogP contribution in [0.1, 0.15) is 13.8 Å². The van der Waals surface area contributed by atoms with Crippen molar-refractivity contribution in [2.45, 2.75) is 20.0 Å². The Kier molecular flexibility index (Phi) is 2.15. The van der Waals surface area contributed by atoms with Crippen LogP contribution >= 0.6 is 0 Å². The summed E-state index contributed by atoms with van der Waals surface area (Å²) in [6.45, 7) is 5.60. The zero-order valence-electron chi connectivity index (χ0n) is 8.51. The Morgan fingerprint density at radius 3 is 2.79 bits per heavy atom. The summed E-state index contributed by atoms with van der Waals surface area (Å²) in [6.07, 6.45) is 4.77. The van der Waals surface area contributed by atoms with E-state index in [-0.39, 0.29) is 11.5 Å². The number of β-amino-alcohol motifs (C(OH)–C–C–N with tert-alkyl or cyclic N) is 1. The topological polar surface area (TPSA) is 49.2 Å². The lowest BCUT2D eigenvalue weighted by Gasteiger charge is -2.21. The average Bonchev–Trinajstić information content (AvgIpc) is 2.43. The minimum Gasteiger partial charge on any atom is -0.391 e. The Morgan fingerprint density at radius 2 is 2.29 bits per heavy atom. The van der Waals surface area contributed by atoms with E-state index >= 15 is 0 Å². The third-order valence-electron chi connectivity index (χ3n) is 2.77. The fourth-order valence-corrected chi connectivity index (χ4v) is 1.75. The van der Waals surface area contributed by atoms with Crippen LogP contribution < -0.4 is 4.90 Å². The van der Waals surface area contributed by atoms with Gasteiger partial charge in [-0.2, -0.15) is 0 Å². The van der Waals surface area contributed by atoms with Gasteiger partial charge in [0.05, 0.1) is 12.3 Å². The van der Waals surface area contributed by atoms with Crippen molar-refractivity contribution in [3.8, 4) is 0 Å². The molecule has 0 radical (unpaired) electrons. The maximum Gasteiger partial charge on any atom is 0.147 e. The number of aliphatic hydroxyl groups excluding tert-OH is 1. The van der Waals surface area contributed by atoms with E-state index < -0.39 is 0 Å². The summed E-state index contributed by atoms with van der Waals surface area (Å²) in [6, 6.07) is 0. The quantitative estimate of drug-likeness (QED) is 0.712. The SMILES string of the molecule is CC1(C)CN(c2cnccn2)CC1O. The largest absolute Gasteiger partial charge is 0.391 e. The van der Waals surface area contributed by atoms with E-state index in [0.717, 1.165) is 12.4 Å². The lowest BCUT2D eigenvalue weighted by molar-refractivity contribution is 0.0964. The van der Waals surface area contributed by atoms with E-state index in [0.29, 0.717) is 6.54 Å². The van der Waals surface area contributed by atoms with E-state index in [2.05, 4.69) is 28.7 Å². The molecular weight excluding hydrogens is 178 g/mol. The number of aliphatic hydroxyl groups is 1. The van der Waals surface area contributed by atoms with Gasteiger partial charge in [0.15, 0.2) is 0 Å². The smallest absolute Gasteiger partial charge is 0.147 e. The van der Waals surface area contributed by atoms with Gasteiger partial charge < -0.3 is 10.0 Å². The van der Waals surface area contributed by atoms with Crippen molar-refractivity contribution < 1.29 is 5.11 Å². The van der Waals surface area contributed by atoms with E-state index in [1.165, 1.54) is 0 Å². The van der Waals surface area contributed by atoms with Crippen molar-refractivity contribution in [3.63, 3.8) is 0 Å². The summed E-state index contributed by atoms with van der Waals surface area (Å²) < 4.78 is 0. The Balaban J connectivity index is 2.17. The molecule has 0 spiro atoms. The predicted octanol–water partition coefficient (Wildman–Crippen LogP) is 0.684. The minimum atomic E-state index is -0.287. The summed E-state index contributed by atoms with van der Waals surface area (Å²) >= 11 is 0. The van der Waals surface area contributed by atoms with Crippen LogP contribution in [-0.2, 0) is 0 Å². The molecule has 0 bridgehead atoms. The van der Waals surface area contributed by atoms with Gasteiger partial charge in [-0.05, 0) is 0 Å². The van der Waals surface area contributed by atoms with Gasteiger partial charge in [-0.25, -0.2) is 4.98 Å². The van der Waals surface area contributed by atoms with E-state index in [1.807, 2.05) is 0 Å². The number of aromatic nitrogens is 2. The van der Waals surface area contributed by atoms with E-state index in [9.17, 15) is 5.11 Å². The standard InChI is InChI=1S/C10H15N3O/c1-10(2)7-13(6-8(10)14)9-5-11-3-4-12-9/h3-5,8,14H,6-7H2,1-2H3. The second-order valence-electron chi connectivity index (χ2n) is 4.45. The summed E-state index contributed by atoms with van der Waals surface area (Å²) in [5, 5.41) is 9.80. The van der Waals surface area contributed by atoms with Crippen molar-refractivity contribution in [2.75, 3.05) is 18.0 Å². The zero-order chi connectivity index (χ0) is 10.2. The predicted molar refractivity (Wildman–Crippen MR) is 54.0 cm³/mol. The molecule has 0 aliphatic carbocycles. The molecule has 1 aromatic heterocycles. The molecule has 1 atom stereocenters. The third-order valence-corrected chi connectivity index (χ3v) is 2.77. The van der Waals surface area contributed by atoms with Gasteiger partial charge >= 0.3 is 0 Å². The number of hydrogen-bond donors (Lipinski definition) is 1. The number of rotatable bonds is 1. The minimum absolute atomic E-state index is 0.0580. The van der Waals surface area contributed by atoms with Crippen LogP contribution in [0.15, 0.2) is 18.6 Å². The third kappa shape index (κ3) is 1.57. The van der Waals surface area contributed by atoms with Gasteiger partial charge in [-0.3, -0.25) is 4.98 Å². The molecule has 1 saturated heterocycles. The van der Waals surface area contributed by atoms with Gasteiger partial charge in [0.25, 0.3) is 0 Å². The molecule has 1 aromatic rings. The molecule has 1 aliphatic rings. The van der Waals surface area contributed by atoms with Gasteiger partial charge in [-0.15, -0.1) is 0 Å². The van der Waals surface area contributed by atoms with Gasteiger partial charge in [0, 0.05) is 30.9 Å². The van der Waals surface area contributed by atoms with Crippen molar-refractivity contribution in [1.29, 1.82) is 0 Å². The normalized spacial score (nSPS) is 25.4. The zero-order valence-corrected chi connectivity index (χ0v) is 8.51. The van der Waals surface area contributed by atoms with Crippen LogP contribution in [0.2, 0.25) is 0 Å². The highest BCUT2D eigenvalue weighted by Crippen LogP contribution is 2.31. The molecule has 0 amide bonds. The molecule has 76 valence electrons. The highest BCUT2D eigenvalue weighted by molar-refractivity contribution is 5.38. The van der Waals surface area contributed by atoms with E-state index in [4.69, 9.17) is 0 Å². The first kappa shape index (κ1) is 9.40. The Hall–Kier alpha value is -1.16. The van der Waals surface area contributed by atoms with E-state index in [1.54, 1.807) is 18.6 Å². The second kappa shape index (κ2) is 3.20. The van der Waals surface area contributed by atoms with Crippen molar-refractivity contribution >= 4 is 5.82 Å². The summed E-state index contributed by atoms with van der Waals surface area (Å²) in [5.74, 6) is 0.845. The maximum absolute atomic E-state index is 9.80. The van der Waals surface area contributed by atoms with Gasteiger partial charge in [0.1, 0.15) is 5.82 Å². The van der Waals surface area contributed by atoms with Crippen LogP contribution in [0.5, 0.6) is 0 Å². The number of hydrogen-bond acceptors (Lipinski definition) is 4. The van der Waals surface area contributed by atoms with Crippen molar-refractivity contribution in [3.05, 3.63) is 18.6 Å². The lowest BCUT2D eigenvalue weighted by atomic mass is 9.90. The van der Waals surface area contributed by atoms with Crippen LogP contribution in [0.4, 0.5) is 5.82 Å². The Morgan fingerprint density at radius 1 is 1.50 bits per heavy atom. The Bertz CT molecular complexity index is 312. The summed E-state index contributed by atoms with van der Waals surface area (Å²) in [5.41, 5.74) is -0.0580. The first-order chi connectivity index (χ1) is 6.59. The molecule has 0 saturated carbocycles. The van der Waals surface area contributed by atoms with Crippen molar-refractivity contribution in [1.82, 2.24) is 9.97 Å². The molecule has 2 heterocycles. The highest BCUT2D eigenvalue weighted by atomic mass is 16.3. The van der Waals surface area contributed by atoms with Gasteiger partial charge in [-0.1, -0.05) is 13.8 Å². The van der Waals surface area contributed by atoms with Crippen LogP contribution in [0, 0.1) is 5.41 Å². The molecule has 4 nitrogen and oxygen atoms in total. The summed E-state index contributed by atoms with van der Waals surface area (Å²) in [4.78, 5) is 10.3. The Labute approximate surface area is 83.6 Å². The first-order valence-electron chi connectivity index (χ1n) is 4.78. The van der Waals surface area contributed by atoms with Crippen LogP contribution in [0.3, 0.4) is 0 Å². The molecule has 1 unspecified atom stereocenters. The molecule has 1 aliphatic heterocycles. The fourth-order valence-electron chi connectivity index (χ4n) is 1.75. The lowest BCUT2D eigenvalue weighted by Crippen LogP contribution is -2.26. The molecule has 14 heavy (non-hydrogen) atoms. The molecule has 4 heteroatoms. The molecule has 0 aromatic carbocycles. The molecule has 1 fully saturated rings. The monoisotopic (exact) mass is 193 g/mol. The molecule has 1 N–H and O–H groups in total. The second-order valence-corrected chi connectivity index (χ2v) is 4.45. The van der Waals surface area contributed by atoms with Crippen LogP contribution in [0.25, 0.3) is 0 Å². The average molecular weight is 193 g/mol. The number of anilines is 1. The highest BCUT2D eigenvalue weighted by Gasteiger charge is 2.38. The van der Waals surface area contributed by atoms with Crippen LogP contribution in [-0.4, -0.2) is 34.3 Å². The summed E-state index contributed by atoms with van der Waals surface area (Å²) in [7, 11) is 0. The number of nitrogens with zero attached hydrogens (tertiary/aromatic N) is 3. The first-order valence-corrected chi connectivity index (χ1v) is 4.78.